The quantitative estimate of drug-likeness (QED) is 0.762. The van der Waals surface area contributed by atoms with Gasteiger partial charge in [-0.3, -0.25) is 9.59 Å². The Hall–Kier alpha value is -2.96. The van der Waals surface area contributed by atoms with Crippen LogP contribution in [0.5, 0.6) is 5.75 Å². The van der Waals surface area contributed by atoms with Gasteiger partial charge in [-0.1, -0.05) is 6.07 Å². The summed E-state index contributed by atoms with van der Waals surface area (Å²) >= 11 is 0. The van der Waals surface area contributed by atoms with Crippen molar-refractivity contribution in [1.82, 2.24) is 0 Å². The molecule has 0 atom stereocenters. The van der Waals surface area contributed by atoms with Crippen LogP contribution >= 0.6 is 0 Å². The van der Waals surface area contributed by atoms with Gasteiger partial charge in [0.2, 0.25) is 5.91 Å². The van der Waals surface area contributed by atoms with Crippen molar-refractivity contribution in [2.75, 3.05) is 23.3 Å². The minimum Gasteiger partial charge on any atom is -0.490 e. The van der Waals surface area contributed by atoms with Gasteiger partial charge in [0.1, 0.15) is 29.3 Å². The standard InChI is InChI=1S/C21H22F2N2O3/c1-14(26)11-21(27)24-16-5-6-20(19(23)13-16)25-9-7-17(8-10-25)28-18-4-2-3-15(22)12-18/h2-6,12-13,17H,7-11H2,1H3,(H,24,27). The van der Waals surface area contributed by atoms with Crippen molar-refractivity contribution in [3.63, 3.8) is 0 Å². The number of hydrogen-bond donors (Lipinski definition) is 1. The molecule has 0 saturated carbocycles. The van der Waals surface area contributed by atoms with Crippen molar-refractivity contribution < 1.29 is 23.1 Å². The molecule has 5 nitrogen and oxygen atoms in total. The molecule has 1 aliphatic rings. The lowest BCUT2D eigenvalue weighted by molar-refractivity contribution is -0.124. The van der Waals surface area contributed by atoms with E-state index in [0.717, 1.165) is 0 Å². The highest BCUT2D eigenvalue weighted by Gasteiger charge is 2.23. The number of nitrogens with zero attached hydrogens (tertiary/aromatic N) is 1. The van der Waals surface area contributed by atoms with E-state index in [-0.39, 0.29) is 24.1 Å². The van der Waals surface area contributed by atoms with Gasteiger partial charge in [0.15, 0.2) is 0 Å². The predicted octanol–water partition coefficient (Wildman–Crippen LogP) is 3.93. The lowest BCUT2D eigenvalue weighted by Gasteiger charge is -2.34. The summed E-state index contributed by atoms with van der Waals surface area (Å²) in [7, 11) is 0. The average molecular weight is 388 g/mol. The molecule has 1 amide bonds. The number of nitrogens with one attached hydrogen (secondary N) is 1. The van der Waals surface area contributed by atoms with Crippen molar-refractivity contribution >= 4 is 23.1 Å². The molecule has 1 heterocycles. The van der Waals surface area contributed by atoms with E-state index in [1.54, 1.807) is 24.3 Å². The van der Waals surface area contributed by atoms with Crippen LogP contribution in [0.4, 0.5) is 20.2 Å². The zero-order valence-corrected chi connectivity index (χ0v) is 15.6. The van der Waals surface area contributed by atoms with Gasteiger partial charge in [-0.15, -0.1) is 0 Å². The molecule has 2 aromatic carbocycles. The Kier molecular flexibility index (Phi) is 6.23. The fourth-order valence-electron chi connectivity index (χ4n) is 3.22. The van der Waals surface area contributed by atoms with Crippen LogP contribution in [0.15, 0.2) is 42.5 Å². The summed E-state index contributed by atoms with van der Waals surface area (Å²) in [6.07, 6.45) is 1.09. The van der Waals surface area contributed by atoms with E-state index < -0.39 is 11.7 Å². The molecular weight excluding hydrogens is 366 g/mol. The van der Waals surface area contributed by atoms with Crippen LogP contribution in [0.3, 0.4) is 0 Å². The molecule has 2 aromatic rings. The average Bonchev–Trinajstić information content (AvgIpc) is 2.62. The zero-order valence-electron chi connectivity index (χ0n) is 15.6. The number of anilines is 2. The third-order valence-electron chi connectivity index (χ3n) is 4.52. The number of benzene rings is 2. The zero-order chi connectivity index (χ0) is 20.1. The van der Waals surface area contributed by atoms with Gasteiger partial charge in [0.05, 0.1) is 12.1 Å². The van der Waals surface area contributed by atoms with Crippen LogP contribution in [-0.2, 0) is 9.59 Å². The molecule has 0 bridgehead atoms. The van der Waals surface area contributed by atoms with Crippen LogP contribution in [0.1, 0.15) is 26.2 Å². The van der Waals surface area contributed by atoms with Gasteiger partial charge in [0.25, 0.3) is 0 Å². The first-order valence-electron chi connectivity index (χ1n) is 9.17. The molecule has 1 N–H and O–H groups in total. The number of rotatable bonds is 6. The molecular formula is C21H22F2N2O3. The summed E-state index contributed by atoms with van der Waals surface area (Å²) in [6.45, 7) is 2.53. The SMILES string of the molecule is CC(=O)CC(=O)Nc1ccc(N2CCC(Oc3cccc(F)c3)CC2)c(F)c1. The molecule has 0 spiro atoms. The van der Waals surface area contributed by atoms with Gasteiger partial charge in [0, 0.05) is 37.7 Å². The van der Waals surface area contributed by atoms with E-state index in [0.29, 0.717) is 43.1 Å². The van der Waals surface area contributed by atoms with Crippen molar-refractivity contribution in [3.8, 4) is 5.75 Å². The van der Waals surface area contributed by atoms with E-state index in [1.807, 2.05) is 4.90 Å². The molecule has 1 fully saturated rings. The third kappa shape index (κ3) is 5.28. The summed E-state index contributed by atoms with van der Waals surface area (Å²) in [6, 6.07) is 10.5. The minimum absolute atomic E-state index is 0.0498. The Bertz CT molecular complexity index is 864. The van der Waals surface area contributed by atoms with Crippen LogP contribution < -0.4 is 15.0 Å². The highest BCUT2D eigenvalue weighted by molar-refractivity contribution is 6.03. The Morgan fingerprint density at radius 3 is 2.54 bits per heavy atom. The number of ketones is 1. The Morgan fingerprint density at radius 1 is 1.14 bits per heavy atom. The normalized spacial score (nSPS) is 14.6. The number of hydrogen-bond acceptors (Lipinski definition) is 4. The molecule has 1 saturated heterocycles. The predicted molar refractivity (Wildman–Crippen MR) is 103 cm³/mol. The maximum absolute atomic E-state index is 14.5. The lowest BCUT2D eigenvalue weighted by Crippen LogP contribution is -2.38. The summed E-state index contributed by atoms with van der Waals surface area (Å²) in [4.78, 5) is 24.5. The molecule has 0 aromatic heterocycles. The van der Waals surface area contributed by atoms with Crippen molar-refractivity contribution in [1.29, 1.82) is 0 Å². The second-order valence-corrected chi connectivity index (χ2v) is 6.85. The number of Topliss-reactive ketones (excluding diaryl/α,β-unsaturated/α-hetero) is 1. The minimum atomic E-state index is -0.463. The largest absolute Gasteiger partial charge is 0.490 e. The van der Waals surface area contributed by atoms with E-state index in [4.69, 9.17) is 4.74 Å². The number of carbonyl (C=O) groups is 2. The highest BCUT2D eigenvalue weighted by atomic mass is 19.1. The van der Waals surface area contributed by atoms with Gasteiger partial charge in [-0.2, -0.15) is 0 Å². The maximum atomic E-state index is 14.5. The number of halogens is 2. The highest BCUT2D eigenvalue weighted by Crippen LogP contribution is 2.27. The van der Waals surface area contributed by atoms with Gasteiger partial charge in [-0.25, -0.2) is 8.78 Å². The fraction of sp³-hybridized carbons (Fsp3) is 0.333. The maximum Gasteiger partial charge on any atom is 0.231 e. The molecule has 0 radical (unpaired) electrons. The summed E-state index contributed by atoms with van der Waals surface area (Å²) in [5, 5.41) is 2.51. The van der Waals surface area contributed by atoms with Crippen LogP contribution in [0, 0.1) is 11.6 Å². The smallest absolute Gasteiger partial charge is 0.231 e. The van der Waals surface area contributed by atoms with Crippen molar-refractivity contribution in [2.45, 2.75) is 32.3 Å². The third-order valence-corrected chi connectivity index (χ3v) is 4.52. The Labute approximate surface area is 162 Å². The van der Waals surface area contributed by atoms with Gasteiger partial charge < -0.3 is 15.0 Å². The second-order valence-electron chi connectivity index (χ2n) is 6.85. The van der Waals surface area contributed by atoms with E-state index >= 15 is 0 Å². The van der Waals surface area contributed by atoms with Gasteiger partial charge >= 0.3 is 0 Å². The first-order valence-corrected chi connectivity index (χ1v) is 9.17. The Balaban J connectivity index is 1.56. The van der Waals surface area contributed by atoms with Crippen LogP contribution in [0.2, 0.25) is 0 Å². The fourth-order valence-corrected chi connectivity index (χ4v) is 3.22. The van der Waals surface area contributed by atoms with E-state index in [9.17, 15) is 18.4 Å². The topological polar surface area (TPSA) is 58.6 Å². The Morgan fingerprint density at radius 2 is 1.89 bits per heavy atom. The number of ether oxygens (including phenoxy) is 1. The molecule has 7 heteroatoms. The summed E-state index contributed by atoms with van der Waals surface area (Å²) < 4.78 is 33.6. The number of carbonyl (C=O) groups excluding carboxylic acids is 2. The monoisotopic (exact) mass is 388 g/mol. The molecule has 1 aliphatic heterocycles. The van der Waals surface area contributed by atoms with Crippen LogP contribution in [0.25, 0.3) is 0 Å². The molecule has 28 heavy (non-hydrogen) atoms. The van der Waals surface area contributed by atoms with Gasteiger partial charge in [-0.05, 0) is 37.3 Å². The molecule has 0 aliphatic carbocycles. The summed E-state index contributed by atoms with van der Waals surface area (Å²) in [5.41, 5.74) is 0.769. The van der Waals surface area contributed by atoms with Crippen molar-refractivity contribution in [3.05, 3.63) is 54.1 Å². The second kappa shape index (κ2) is 8.82. The first-order chi connectivity index (χ1) is 13.4. The number of amides is 1. The summed E-state index contributed by atoms with van der Waals surface area (Å²) in [5.74, 6) is -0.999. The van der Waals surface area contributed by atoms with Crippen molar-refractivity contribution in [2.24, 2.45) is 0 Å². The molecule has 148 valence electrons. The number of piperidine rings is 1. The lowest BCUT2D eigenvalue weighted by atomic mass is 10.1. The van der Waals surface area contributed by atoms with Crippen LogP contribution in [-0.4, -0.2) is 30.9 Å². The van der Waals surface area contributed by atoms with E-state index in [1.165, 1.54) is 25.1 Å². The molecule has 0 unspecified atom stereocenters. The van der Waals surface area contributed by atoms with E-state index in [2.05, 4.69) is 5.32 Å². The first kappa shape index (κ1) is 19.8. The molecule has 3 rings (SSSR count).